The number of rotatable bonds is 4. The third-order valence-corrected chi connectivity index (χ3v) is 2.15. The molecule has 0 aliphatic heterocycles. The van der Waals surface area contributed by atoms with Crippen molar-refractivity contribution in [2.75, 3.05) is 13.7 Å². The van der Waals surface area contributed by atoms with Crippen molar-refractivity contribution < 1.29 is 14.3 Å². The molecule has 1 aliphatic carbocycles. The van der Waals surface area contributed by atoms with Gasteiger partial charge in [0.05, 0.1) is 12.2 Å². The number of hydrogen-bond acceptors (Lipinski definition) is 3. The lowest BCUT2D eigenvalue weighted by Gasteiger charge is -2.29. The predicted molar refractivity (Wildman–Crippen MR) is 44.8 cm³/mol. The second-order valence-electron chi connectivity index (χ2n) is 2.91. The van der Waals surface area contributed by atoms with Gasteiger partial charge in [-0.15, -0.1) is 0 Å². The maximum atomic E-state index is 10.1. The zero-order valence-corrected chi connectivity index (χ0v) is 7.36. The van der Waals surface area contributed by atoms with E-state index >= 15 is 0 Å². The lowest BCUT2D eigenvalue weighted by atomic mass is 9.95. The van der Waals surface area contributed by atoms with Gasteiger partial charge in [0.2, 0.25) is 0 Å². The SMILES string of the molecule is COC1C[CH]CCC1OCC=O. The fraction of sp³-hybridized carbons (Fsp3) is 0.778. The fourth-order valence-corrected chi connectivity index (χ4v) is 1.50. The predicted octanol–water partition coefficient (Wildman–Crippen LogP) is 0.974. The van der Waals surface area contributed by atoms with Crippen LogP contribution >= 0.6 is 0 Å². The summed E-state index contributed by atoms with van der Waals surface area (Å²) in [5.41, 5.74) is 0. The summed E-state index contributed by atoms with van der Waals surface area (Å²) in [4.78, 5) is 10.1. The molecular weight excluding hydrogens is 156 g/mol. The van der Waals surface area contributed by atoms with E-state index in [4.69, 9.17) is 9.47 Å². The highest BCUT2D eigenvalue weighted by atomic mass is 16.5. The van der Waals surface area contributed by atoms with Crippen LogP contribution in [-0.2, 0) is 14.3 Å². The molecule has 3 heteroatoms. The quantitative estimate of drug-likeness (QED) is 0.591. The summed E-state index contributed by atoms with van der Waals surface area (Å²) in [6.07, 6.45) is 6.18. The number of aldehydes is 1. The maximum Gasteiger partial charge on any atom is 0.145 e. The minimum atomic E-state index is 0.102. The highest BCUT2D eigenvalue weighted by Gasteiger charge is 2.25. The van der Waals surface area contributed by atoms with E-state index in [0.29, 0.717) is 0 Å². The molecule has 1 radical (unpaired) electrons. The normalized spacial score (nSPS) is 30.1. The molecule has 69 valence electrons. The average molecular weight is 171 g/mol. The Morgan fingerprint density at radius 1 is 1.58 bits per heavy atom. The molecule has 0 bridgehead atoms. The Hall–Kier alpha value is -0.410. The third kappa shape index (κ3) is 2.57. The Balaban J connectivity index is 2.30. The van der Waals surface area contributed by atoms with Crippen molar-refractivity contribution in [2.45, 2.75) is 31.5 Å². The molecule has 0 N–H and O–H groups in total. The highest BCUT2D eigenvalue weighted by Crippen LogP contribution is 2.22. The summed E-state index contributed by atoms with van der Waals surface area (Å²) in [5, 5.41) is 0. The molecule has 0 amide bonds. The Bertz CT molecular complexity index is 136. The van der Waals surface area contributed by atoms with Crippen LogP contribution in [-0.4, -0.2) is 32.2 Å². The van der Waals surface area contributed by atoms with Gasteiger partial charge in [0.15, 0.2) is 0 Å². The van der Waals surface area contributed by atoms with Gasteiger partial charge >= 0.3 is 0 Å². The standard InChI is InChI=1S/C9H15O3/c1-11-8-4-2-3-5-9(8)12-7-6-10/h2,6,8-9H,3-5,7H2,1H3. The van der Waals surface area contributed by atoms with Gasteiger partial charge in [-0.1, -0.05) is 0 Å². The Kier molecular flexibility index (Phi) is 4.25. The second-order valence-corrected chi connectivity index (χ2v) is 2.91. The van der Waals surface area contributed by atoms with Gasteiger partial charge in [-0.2, -0.15) is 0 Å². The van der Waals surface area contributed by atoms with Gasteiger partial charge in [0.25, 0.3) is 0 Å². The zero-order chi connectivity index (χ0) is 8.81. The molecule has 0 saturated heterocycles. The van der Waals surface area contributed by atoms with Crippen molar-refractivity contribution >= 4 is 6.29 Å². The first-order valence-electron chi connectivity index (χ1n) is 4.28. The molecule has 1 aliphatic rings. The van der Waals surface area contributed by atoms with E-state index < -0.39 is 0 Å². The molecule has 0 aromatic heterocycles. The van der Waals surface area contributed by atoms with E-state index in [1.807, 2.05) is 0 Å². The molecule has 0 aromatic rings. The number of carbonyl (C=O) groups is 1. The van der Waals surface area contributed by atoms with E-state index in [2.05, 4.69) is 6.42 Å². The lowest BCUT2D eigenvalue weighted by Crippen LogP contribution is -2.34. The van der Waals surface area contributed by atoms with Gasteiger partial charge in [0, 0.05) is 7.11 Å². The van der Waals surface area contributed by atoms with Crippen LogP contribution in [0.4, 0.5) is 0 Å². The Morgan fingerprint density at radius 2 is 2.42 bits per heavy atom. The molecule has 12 heavy (non-hydrogen) atoms. The van der Waals surface area contributed by atoms with Crippen molar-refractivity contribution in [2.24, 2.45) is 0 Å². The van der Waals surface area contributed by atoms with Gasteiger partial charge in [-0.05, 0) is 25.7 Å². The van der Waals surface area contributed by atoms with Crippen LogP contribution in [0.5, 0.6) is 0 Å². The summed E-state index contributed by atoms with van der Waals surface area (Å²) in [5.74, 6) is 0. The van der Waals surface area contributed by atoms with Gasteiger partial charge < -0.3 is 14.3 Å². The number of carbonyl (C=O) groups excluding carboxylic acids is 1. The smallest absolute Gasteiger partial charge is 0.145 e. The van der Waals surface area contributed by atoms with E-state index in [9.17, 15) is 4.79 Å². The Labute approximate surface area is 73.0 Å². The topological polar surface area (TPSA) is 35.5 Å². The molecule has 0 heterocycles. The number of methoxy groups -OCH3 is 1. The van der Waals surface area contributed by atoms with Crippen LogP contribution in [0.25, 0.3) is 0 Å². The van der Waals surface area contributed by atoms with Crippen LogP contribution < -0.4 is 0 Å². The van der Waals surface area contributed by atoms with Crippen LogP contribution in [0.2, 0.25) is 0 Å². The molecule has 0 spiro atoms. The van der Waals surface area contributed by atoms with Crippen molar-refractivity contribution in [3.63, 3.8) is 0 Å². The zero-order valence-electron chi connectivity index (χ0n) is 7.36. The molecule has 3 nitrogen and oxygen atoms in total. The monoisotopic (exact) mass is 171 g/mol. The molecule has 1 saturated carbocycles. The molecule has 1 rings (SSSR count). The lowest BCUT2D eigenvalue weighted by molar-refractivity contribution is -0.119. The summed E-state index contributed by atoms with van der Waals surface area (Å²) in [6.45, 7) is 0.185. The third-order valence-electron chi connectivity index (χ3n) is 2.15. The molecule has 0 aromatic carbocycles. The summed E-state index contributed by atoms with van der Waals surface area (Å²) >= 11 is 0. The summed E-state index contributed by atoms with van der Waals surface area (Å²) in [7, 11) is 1.68. The molecule has 1 fully saturated rings. The van der Waals surface area contributed by atoms with Crippen LogP contribution in [0, 0.1) is 6.42 Å². The van der Waals surface area contributed by atoms with Crippen molar-refractivity contribution in [3.8, 4) is 0 Å². The number of ether oxygens (including phenoxy) is 2. The van der Waals surface area contributed by atoms with Gasteiger partial charge in [-0.25, -0.2) is 0 Å². The Morgan fingerprint density at radius 3 is 3.08 bits per heavy atom. The maximum absolute atomic E-state index is 10.1. The molecular formula is C9H15O3. The van der Waals surface area contributed by atoms with E-state index in [-0.39, 0.29) is 18.8 Å². The van der Waals surface area contributed by atoms with E-state index in [1.165, 1.54) is 0 Å². The largest absolute Gasteiger partial charge is 0.379 e. The van der Waals surface area contributed by atoms with Crippen LogP contribution in [0.1, 0.15) is 19.3 Å². The highest BCUT2D eigenvalue weighted by molar-refractivity contribution is 5.50. The van der Waals surface area contributed by atoms with Crippen LogP contribution in [0.3, 0.4) is 0 Å². The minimum Gasteiger partial charge on any atom is -0.379 e. The second kappa shape index (κ2) is 5.27. The molecule has 2 unspecified atom stereocenters. The first-order chi connectivity index (χ1) is 5.88. The minimum absolute atomic E-state index is 0.102. The average Bonchev–Trinajstić information content (AvgIpc) is 2.15. The van der Waals surface area contributed by atoms with Crippen molar-refractivity contribution in [3.05, 3.63) is 6.42 Å². The van der Waals surface area contributed by atoms with E-state index in [0.717, 1.165) is 25.5 Å². The fourth-order valence-electron chi connectivity index (χ4n) is 1.50. The van der Waals surface area contributed by atoms with E-state index in [1.54, 1.807) is 7.11 Å². The van der Waals surface area contributed by atoms with Crippen LogP contribution in [0.15, 0.2) is 0 Å². The van der Waals surface area contributed by atoms with Crippen molar-refractivity contribution in [1.82, 2.24) is 0 Å². The first-order valence-corrected chi connectivity index (χ1v) is 4.28. The molecule has 2 atom stereocenters. The first kappa shape index (κ1) is 9.68. The summed E-state index contributed by atoms with van der Waals surface area (Å²) < 4.78 is 10.6. The van der Waals surface area contributed by atoms with Gasteiger partial charge in [0.1, 0.15) is 12.9 Å². The van der Waals surface area contributed by atoms with Gasteiger partial charge in [-0.3, -0.25) is 0 Å². The van der Waals surface area contributed by atoms with Crippen molar-refractivity contribution in [1.29, 1.82) is 0 Å². The number of hydrogen-bond donors (Lipinski definition) is 0. The summed E-state index contributed by atoms with van der Waals surface area (Å²) in [6, 6.07) is 0.